The molecule has 0 radical (unpaired) electrons. The highest BCUT2D eigenvalue weighted by Gasteiger charge is 2.33. The summed E-state index contributed by atoms with van der Waals surface area (Å²) in [5.41, 5.74) is 5.61. The quantitative estimate of drug-likeness (QED) is 0.847. The lowest BCUT2D eigenvalue weighted by Gasteiger charge is -2.24. The van der Waals surface area contributed by atoms with Crippen molar-refractivity contribution in [1.29, 1.82) is 0 Å². The molecule has 1 amide bonds. The number of hydrogen-bond donors (Lipinski definition) is 1. The Hall–Kier alpha value is -1.73. The van der Waals surface area contributed by atoms with E-state index in [2.05, 4.69) is 14.9 Å². The van der Waals surface area contributed by atoms with E-state index >= 15 is 0 Å². The maximum atomic E-state index is 12.6. The molecular weight excluding hydrogens is 282 g/mol. The van der Waals surface area contributed by atoms with Crippen LogP contribution in [0, 0.1) is 0 Å². The van der Waals surface area contributed by atoms with Gasteiger partial charge in [-0.15, -0.1) is 0 Å². The summed E-state index contributed by atoms with van der Waals surface area (Å²) < 4.78 is 5.72. The number of amides is 1. The summed E-state index contributed by atoms with van der Waals surface area (Å²) >= 11 is 0. The average molecular weight is 305 g/mol. The predicted molar refractivity (Wildman–Crippen MR) is 82.4 cm³/mol. The lowest BCUT2D eigenvalue weighted by molar-refractivity contribution is -0.142. The zero-order valence-corrected chi connectivity index (χ0v) is 12.7. The van der Waals surface area contributed by atoms with E-state index in [1.54, 1.807) is 12.4 Å². The van der Waals surface area contributed by atoms with E-state index < -0.39 is 0 Å². The molecule has 2 aliphatic heterocycles. The number of nitrogens with two attached hydrogens (primary N) is 1. The zero-order chi connectivity index (χ0) is 15.4. The van der Waals surface area contributed by atoms with Crippen LogP contribution in [-0.2, 0) is 9.53 Å². The van der Waals surface area contributed by atoms with Crippen molar-refractivity contribution in [3.05, 3.63) is 18.5 Å². The van der Waals surface area contributed by atoms with Crippen LogP contribution in [0.4, 0.5) is 5.95 Å². The van der Waals surface area contributed by atoms with Crippen molar-refractivity contribution in [3.8, 4) is 0 Å². The van der Waals surface area contributed by atoms with Gasteiger partial charge in [-0.1, -0.05) is 0 Å². The second-order valence-corrected chi connectivity index (χ2v) is 5.77. The number of nitrogens with zero attached hydrogens (tertiary/aromatic N) is 4. The van der Waals surface area contributed by atoms with Crippen molar-refractivity contribution < 1.29 is 9.53 Å². The van der Waals surface area contributed by atoms with Crippen LogP contribution in [0.25, 0.3) is 0 Å². The molecule has 2 fully saturated rings. The molecule has 22 heavy (non-hydrogen) atoms. The number of aromatic nitrogens is 2. The third-order valence-electron chi connectivity index (χ3n) is 4.29. The lowest BCUT2D eigenvalue weighted by atomic mass is 10.2. The van der Waals surface area contributed by atoms with Gasteiger partial charge in [-0.05, 0) is 25.3 Å². The molecule has 2 N–H and O–H groups in total. The fourth-order valence-corrected chi connectivity index (χ4v) is 3.06. The lowest BCUT2D eigenvalue weighted by Crippen LogP contribution is -2.42. The molecule has 120 valence electrons. The molecule has 2 atom stereocenters. The highest BCUT2D eigenvalue weighted by Crippen LogP contribution is 2.21. The van der Waals surface area contributed by atoms with Gasteiger partial charge in [0.1, 0.15) is 6.10 Å². The highest BCUT2D eigenvalue weighted by molar-refractivity contribution is 5.81. The summed E-state index contributed by atoms with van der Waals surface area (Å²) in [6, 6.07) is 1.81. The van der Waals surface area contributed by atoms with Crippen LogP contribution >= 0.6 is 0 Å². The number of ether oxygens (including phenoxy) is 1. The zero-order valence-electron chi connectivity index (χ0n) is 12.7. The van der Waals surface area contributed by atoms with Crippen molar-refractivity contribution >= 4 is 11.9 Å². The van der Waals surface area contributed by atoms with E-state index in [1.165, 1.54) is 0 Å². The van der Waals surface area contributed by atoms with Gasteiger partial charge < -0.3 is 20.3 Å². The normalized spacial score (nSPS) is 26.0. The Morgan fingerprint density at radius 1 is 1.23 bits per heavy atom. The fraction of sp³-hybridized carbons (Fsp3) is 0.667. The Kier molecular flexibility index (Phi) is 4.84. The maximum Gasteiger partial charge on any atom is 0.251 e. The van der Waals surface area contributed by atoms with Gasteiger partial charge in [-0.25, -0.2) is 9.97 Å². The molecule has 2 aliphatic rings. The van der Waals surface area contributed by atoms with Gasteiger partial charge in [0.25, 0.3) is 5.91 Å². The van der Waals surface area contributed by atoms with Crippen LogP contribution in [-0.4, -0.2) is 65.7 Å². The summed E-state index contributed by atoms with van der Waals surface area (Å²) in [7, 11) is 0. The molecule has 1 aromatic rings. The van der Waals surface area contributed by atoms with Crippen molar-refractivity contribution in [3.63, 3.8) is 0 Å². The average Bonchev–Trinajstić information content (AvgIpc) is 2.92. The second-order valence-electron chi connectivity index (χ2n) is 5.77. The van der Waals surface area contributed by atoms with Crippen LogP contribution in [0.15, 0.2) is 18.5 Å². The van der Waals surface area contributed by atoms with Gasteiger partial charge in [-0.2, -0.15) is 0 Å². The molecule has 7 heteroatoms. The molecule has 7 nitrogen and oxygen atoms in total. The Bertz CT molecular complexity index is 498. The second kappa shape index (κ2) is 7.02. The number of carbonyl (C=O) groups excluding carboxylic acids is 1. The number of anilines is 1. The van der Waals surface area contributed by atoms with E-state index in [-0.39, 0.29) is 18.1 Å². The topological polar surface area (TPSA) is 84.6 Å². The molecule has 0 saturated carbocycles. The van der Waals surface area contributed by atoms with Gasteiger partial charge in [-0.3, -0.25) is 4.79 Å². The standard InChI is InChI=1S/C15H23N5O2/c16-11-12-3-4-13(22-12)14(21)19-7-2-8-20(10-9-19)15-17-5-1-6-18-15/h1,5-6,12-13H,2-4,7-11,16H2/t12-,13+/m1/s1. The third kappa shape index (κ3) is 3.36. The van der Waals surface area contributed by atoms with Crippen molar-refractivity contribution in [2.75, 3.05) is 37.6 Å². The molecule has 0 bridgehead atoms. The molecule has 3 heterocycles. The summed E-state index contributed by atoms with van der Waals surface area (Å²) in [6.07, 6.45) is 5.79. The Labute approximate surface area is 130 Å². The minimum Gasteiger partial charge on any atom is -0.364 e. The van der Waals surface area contributed by atoms with Gasteiger partial charge in [0.05, 0.1) is 6.10 Å². The fourth-order valence-electron chi connectivity index (χ4n) is 3.06. The summed E-state index contributed by atoms with van der Waals surface area (Å²) in [6.45, 7) is 3.55. The molecule has 0 aromatic carbocycles. The van der Waals surface area contributed by atoms with E-state index in [0.717, 1.165) is 44.8 Å². The molecular formula is C15H23N5O2. The third-order valence-corrected chi connectivity index (χ3v) is 4.29. The number of carbonyl (C=O) groups is 1. The van der Waals surface area contributed by atoms with Crippen LogP contribution in [0.3, 0.4) is 0 Å². The monoisotopic (exact) mass is 305 g/mol. The first kappa shape index (κ1) is 15.2. The molecule has 3 rings (SSSR count). The first-order chi connectivity index (χ1) is 10.8. The van der Waals surface area contributed by atoms with Crippen LogP contribution in [0.2, 0.25) is 0 Å². The summed E-state index contributed by atoms with van der Waals surface area (Å²) in [5, 5.41) is 0. The highest BCUT2D eigenvalue weighted by atomic mass is 16.5. The predicted octanol–water partition coefficient (Wildman–Crippen LogP) is 0.0216. The van der Waals surface area contributed by atoms with Crippen molar-refractivity contribution in [1.82, 2.24) is 14.9 Å². The van der Waals surface area contributed by atoms with E-state index in [0.29, 0.717) is 13.1 Å². The molecule has 2 saturated heterocycles. The van der Waals surface area contributed by atoms with Crippen LogP contribution < -0.4 is 10.6 Å². The maximum absolute atomic E-state index is 12.6. The van der Waals surface area contributed by atoms with E-state index in [4.69, 9.17) is 10.5 Å². The van der Waals surface area contributed by atoms with E-state index in [9.17, 15) is 4.79 Å². The largest absolute Gasteiger partial charge is 0.364 e. The molecule has 0 spiro atoms. The van der Waals surface area contributed by atoms with E-state index in [1.807, 2.05) is 11.0 Å². The van der Waals surface area contributed by atoms with Crippen molar-refractivity contribution in [2.45, 2.75) is 31.5 Å². The Morgan fingerprint density at radius 3 is 2.77 bits per heavy atom. The summed E-state index contributed by atoms with van der Waals surface area (Å²) in [4.78, 5) is 25.2. The van der Waals surface area contributed by atoms with Gasteiger partial charge in [0.15, 0.2) is 0 Å². The van der Waals surface area contributed by atoms with Gasteiger partial charge >= 0.3 is 0 Å². The minimum atomic E-state index is -0.312. The molecule has 0 aliphatic carbocycles. The molecule has 0 unspecified atom stereocenters. The smallest absolute Gasteiger partial charge is 0.251 e. The Balaban J connectivity index is 1.57. The van der Waals surface area contributed by atoms with Gasteiger partial charge in [0, 0.05) is 45.1 Å². The Morgan fingerprint density at radius 2 is 2.05 bits per heavy atom. The SMILES string of the molecule is NC[C@H]1CC[C@@H](C(=O)N2CCCN(c3ncccn3)CC2)O1. The van der Waals surface area contributed by atoms with Gasteiger partial charge in [0.2, 0.25) is 5.95 Å². The first-order valence-electron chi connectivity index (χ1n) is 7.94. The summed E-state index contributed by atoms with van der Waals surface area (Å²) in [5.74, 6) is 0.837. The minimum absolute atomic E-state index is 0.0372. The first-order valence-corrected chi connectivity index (χ1v) is 7.94. The molecule has 1 aromatic heterocycles. The van der Waals surface area contributed by atoms with Crippen molar-refractivity contribution in [2.24, 2.45) is 5.73 Å². The number of hydrogen-bond acceptors (Lipinski definition) is 6. The number of rotatable bonds is 3. The van der Waals surface area contributed by atoms with Crippen LogP contribution in [0.5, 0.6) is 0 Å². The van der Waals surface area contributed by atoms with Crippen LogP contribution in [0.1, 0.15) is 19.3 Å².